The van der Waals surface area contributed by atoms with Crippen molar-refractivity contribution in [3.05, 3.63) is 46.5 Å². The lowest BCUT2D eigenvalue weighted by atomic mass is 9.78. The predicted octanol–water partition coefficient (Wildman–Crippen LogP) is 4.88. The van der Waals surface area contributed by atoms with Crippen LogP contribution in [-0.4, -0.2) is 11.1 Å². The van der Waals surface area contributed by atoms with E-state index in [0.717, 1.165) is 35.7 Å². The first kappa shape index (κ1) is 12.2. The molecule has 2 spiro atoms. The van der Waals surface area contributed by atoms with Crippen LogP contribution in [0.25, 0.3) is 0 Å². The van der Waals surface area contributed by atoms with Crippen LogP contribution in [-0.2, 0) is 0 Å². The molecule has 2 unspecified atom stereocenters. The summed E-state index contributed by atoms with van der Waals surface area (Å²) < 4.78 is 0. The maximum Gasteiger partial charge on any atom is 0.120 e. The minimum atomic E-state index is -0.333. The molecule has 2 atom stereocenters. The predicted molar refractivity (Wildman–Crippen MR) is 74.9 cm³/mol. The molecule has 94 valence electrons. The summed E-state index contributed by atoms with van der Waals surface area (Å²) in [5.41, 5.74) is -0.667. The fourth-order valence-corrected chi connectivity index (χ4v) is 3.23. The van der Waals surface area contributed by atoms with Gasteiger partial charge in [-0.2, -0.15) is 10.2 Å². The molecule has 0 bridgehead atoms. The number of hydrogen-bond acceptors (Lipinski definition) is 2. The second-order valence-corrected chi connectivity index (χ2v) is 5.87. The van der Waals surface area contributed by atoms with Gasteiger partial charge in [-0.05, 0) is 37.8 Å². The zero-order chi connectivity index (χ0) is 12.6. The van der Waals surface area contributed by atoms with Crippen molar-refractivity contribution >= 4 is 23.2 Å². The van der Waals surface area contributed by atoms with Gasteiger partial charge >= 0.3 is 0 Å². The molecule has 0 N–H and O–H groups in total. The van der Waals surface area contributed by atoms with E-state index < -0.39 is 0 Å². The second kappa shape index (κ2) is 4.36. The van der Waals surface area contributed by atoms with E-state index >= 15 is 0 Å². The van der Waals surface area contributed by atoms with Gasteiger partial charge in [-0.25, -0.2) is 0 Å². The van der Waals surface area contributed by atoms with Crippen LogP contribution >= 0.6 is 23.2 Å². The highest BCUT2D eigenvalue weighted by molar-refractivity contribution is 6.31. The van der Waals surface area contributed by atoms with E-state index in [1.165, 1.54) is 0 Å². The number of azo groups is 1. The molecular formula is C14H14Cl2N2. The molecule has 0 fully saturated rings. The van der Waals surface area contributed by atoms with E-state index in [0.29, 0.717) is 0 Å². The van der Waals surface area contributed by atoms with Crippen molar-refractivity contribution in [3.63, 3.8) is 0 Å². The summed E-state index contributed by atoms with van der Waals surface area (Å²) in [5, 5.41) is 10.7. The molecular weight excluding hydrogens is 267 g/mol. The lowest BCUT2D eigenvalue weighted by Crippen LogP contribution is -2.39. The highest BCUT2D eigenvalue weighted by Gasteiger charge is 2.44. The Kier molecular flexibility index (Phi) is 2.95. The topological polar surface area (TPSA) is 24.7 Å². The molecule has 2 aliphatic carbocycles. The molecule has 18 heavy (non-hydrogen) atoms. The van der Waals surface area contributed by atoms with Crippen LogP contribution in [0.4, 0.5) is 0 Å². The number of halogens is 2. The van der Waals surface area contributed by atoms with Crippen LogP contribution in [0.2, 0.25) is 0 Å². The average molecular weight is 281 g/mol. The molecule has 3 rings (SSSR count). The largest absolute Gasteiger partial charge is 0.180 e. The third-order valence-electron chi connectivity index (χ3n) is 3.94. The monoisotopic (exact) mass is 280 g/mol. The zero-order valence-corrected chi connectivity index (χ0v) is 11.5. The normalized spacial score (nSPS) is 38.1. The smallest absolute Gasteiger partial charge is 0.120 e. The van der Waals surface area contributed by atoms with E-state index in [-0.39, 0.29) is 11.1 Å². The van der Waals surface area contributed by atoms with Gasteiger partial charge in [0.25, 0.3) is 0 Å². The van der Waals surface area contributed by atoms with Crippen LogP contribution in [0.3, 0.4) is 0 Å². The highest BCUT2D eigenvalue weighted by atomic mass is 35.5. The maximum atomic E-state index is 6.31. The number of hydrogen-bond donors (Lipinski definition) is 0. The van der Waals surface area contributed by atoms with Crippen molar-refractivity contribution in [2.45, 2.75) is 36.8 Å². The maximum absolute atomic E-state index is 6.31. The minimum Gasteiger partial charge on any atom is -0.180 e. The Morgan fingerprint density at radius 3 is 1.61 bits per heavy atom. The number of allylic oxidation sites excluding steroid dienone is 4. The van der Waals surface area contributed by atoms with Crippen molar-refractivity contribution in [2.75, 3.05) is 0 Å². The lowest BCUT2D eigenvalue weighted by molar-refractivity contribution is 0.304. The van der Waals surface area contributed by atoms with E-state index in [1.54, 1.807) is 0 Å². The molecule has 4 heteroatoms. The Morgan fingerprint density at radius 1 is 0.833 bits per heavy atom. The zero-order valence-electron chi connectivity index (χ0n) is 9.94. The SMILES string of the molecule is ClC1=CC=CCC12CCC1(CC=CC=C1Cl)N=N2. The Bertz CT molecular complexity index is 470. The van der Waals surface area contributed by atoms with Crippen molar-refractivity contribution in [3.8, 4) is 0 Å². The second-order valence-electron chi connectivity index (χ2n) is 5.06. The standard InChI is InChI=1S/C14H14Cl2N2/c15-11-5-1-3-7-13(11)9-10-14(18-17-13)8-4-2-6-12(14)16/h1-6H,7-10H2. The van der Waals surface area contributed by atoms with Crippen molar-refractivity contribution < 1.29 is 0 Å². The summed E-state index contributed by atoms with van der Waals surface area (Å²) in [6.45, 7) is 0. The van der Waals surface area contributed by atoms with Gasteiger partial charge in [0.15, 0.2) is 0 Å². The summed E-state index contributed by atoms with van der Waals surface area (Å²) in [5.74, 6) is 0. The number of rotatable bonds is 0. The van der Waals surface area contributed by atoms with Crippen LogP contribution in [0.15, 0.2) is 56.7 Å². The molecule has 0 saturated heterocycles. The molecule has 1 heterocycles. The Balaban J connectivity index is 1.92. The van der Waals surface area contributed by atoms with E-state index in [4.69, 9.17) is 23.2 Å². The van der Waals surface area contributed by atoms with Crippen LogP contribution < -0.4 is 0 Å². The van der Waals surface area contributed by atoms with Gasteiger partial charge in [0.2, 0.25) is 0 Å². The van der Waals surface area contributed by atoms with Gasteiger partial charge < -0.3 is 0 Å². The molecule has 1 aliphatic heterocycles. The molecule has 0 aromatic heterocycles. The first-order valence-electron chi connectivity index (χ1n) is 6.17. The molecule has 0 radical (unpaired) electrons. The first-order chi connectivity index (χ1) is 8.67. The fraction of sp³-hybridized carbons (Fsp3) is 0.429. The van der Waals surface area contributed by atoms with Crippen molar-refractivity contribution in [1.82, 2.24) is 0 Å². The van der Waals surface area contributed by atoms with Gasteiger partial charge in [0.1, 0.15) is 11.1 Å². The summed E-state index contributed by atoms with van der Waals surface area (Å²) in [6.07, 6.45) is 15.4. The van der Waals surface area contributed by atoms with E-state index in [1.807, 2.05) is 24.3 Å². The van der Waals surface area contributed by atoms with Crippen molar-refractivity contribution in [2.24, 2.45) is 10.2 Å². The molecule has 0 saturated carbocycles. The van der Waals surface area contributed by atoms with Crippen LogP contribution in [0.5, 0.6) is 0 Å². The van der Waals surface area contributed by atoms with Crippen LogP contribution in [0, 0.1) is 0 Å². The molecule has 2 nitrogen and oxygen atoms in total. The average Bonchev–Trinajstić information content (AvgIpc) is 2.40. The summed E-state index contributed by atoms with van der Waals surface area (Å²) >= 11 is 12.6. The summed E-state index contributed by atoms with van der Waals surface area (Å²) in [6, 6.07) is 0. The van der Waals surface area contributed by atoms with E-state index in [9.17, 15) is 0 Å². The minimum absolute atomic E-state index is 0.333. The fourth-order valence-electron chi connectivity index (χ4n) is 2.66. The molecule has 3 aliphatic rings. The summed E-state index contributed by atoms with van der Waals surface area (Å²) in [7, 11) is 0. The Morgan fingerprint density at radius 2 is 1.28 bits per heavy atom. The van der Waals surface area contributed by atoms with Crippen molar-refractivity contribution in [1.29, 1.82) is 0 Å². The molecule has 0 aromatic carbocycles. The summed E-state index contributed by atoms with van der Waals surface area (Å²) in [4.78, 5) is 0. The quantitative estimate of drug-likeness (QED) is 0.605. The third kappa shape index (κ3) is 1.79. The highest BCUT2D eigenvalue weighted by Crippen LogP contribution is 2.47. The van der Waals surface area contributed by atoms with E-state index in [2.05, 4.69) is 22.4 Å². The number of nitrogens with zero attached hydrogens (tertiary/aromatic N) is 2. The Labute approximate surface area is 117 Å². The van der Waals surface area contributed by atoms with Gasteiger partial charge in [0, 0.05) is 10.1 Å². The molecule has 0 amide bonds. The third-order valence-corrected chi connectivity index (χ3v) is 4.90. The van der Waals surface area contributed by atoms with Crippen LogP contribution in [0.1, 0.15) is 25.7 Å². The van der Waals surface area contributed by atoms with Gasteiger partial charge in [-0.1, -0.05) is 47.5 Å². The Hall–Kier alpha value is -0.860. The lowest BCUT2D eigenvalue weighted by Gasteiger charge is -2.40. The first-order valence-corrected chi connectivity index (χ1v) is 6.92. The van der Waals surface area contributed by atoms with Gasteiger partial charge in [-0.15, -0.1) is 0 Å². The van der Waals surface area contributed by atoms with Gasteiger partial charge in [-0.3, -0.25) is 0 Å². The molecule has 0 aromatic rings. The van der Waals surface area contributed by atoms with Gasteiger partial charge in [0.05, 0.1) is 0 Å².